The minimum absolute atomic E-state index is 0.0217. The second-order valence-corrected chi connectivity index (χ2v) is 13.4. The summed E-state index contributed by atoms with van der Waals surface area (Å²) in [6.07, 6.45) is 2.75. The first-order chi connectivity index (χ1) is 19.6. The molecule has 0 aliphatic heterocycles. The summed E-state index contributed by atoms with van der Waals surface area (Å²) in [7, 11) is -2.21. The first-order valence-corrected chi connectivity index (χ1v) is 15.3. The van der Waals surface area contributed by atoms with Crippen molar-refractivity contribution < 1.29 is 23.1 Å². The molecular weight excluding hydrogens is 554 g/mol. The molecule has 0 saturated carbocycles. The van der Waals surface area contributed by atoms with Crippen molar-refractivity contribution in [2.24, 2.45) is 0 Å². The van der Waals surface area contributed by atoms with Gasteiger partial charge >= 0.3 is 0 Å². The molecule has 3 aromatic carbocycles. The minimum atomic E-state index is -3.62. The number of carbonyl (C=O) groups is 1. The van der Waals surface area contributed by atoms with E-state index >= 15 is 0 Å². The summed E-state index contributed by atoms with van der Waals surface area (Å²) in [5.74, 6) is 0.250. The van der Waals surface area contributed by atoms with Crippen molar-refractivity contribution in [2.45, 2.75) is 53.0 Å². The summed E-state index contributed by atoms with van der Waals surface area (Å²) in [6, 6.07) is 12.2. The lowest BCUT2D eigenvalue weighted by atomic mass is 9.86. The van der Waals surface area contributed by atoms with Crippen LogP contribution in [0.15, 0.2) is 48.7 Å². The lowest BCUT2D eigenvalue weighted by molar-refractivity contribution is 0.102. The van der Waals surface area contributed by atoms with Crippen LogP contribution in [0.25, 0.3) is 22.0 Å². The third-order valence-corrected chi connectivity index (χ3v) is 7.20. The molecule has 0 spiro atoms. The Hall–Kier alpha value is -4.38. The normalized spacial score (nSPS) is 11.9. The van der Waals surface area contributed by atoms with Gasteiger partial charge in [-0.3, -0.25) is 9.52 Å². The zero-order chi connectivity index (χ0) is 31.0. The van der Waals surface area contributed by atoms with E-state index in [1.165, 1.54) is 7.11 Å². The highest BCUT2D eigenvalue weighted by Gasteiger charge is 2.23. The second kappa shape index (κ2) is 11.5. The number of fused-ring (bicyclic) bond motifs is 1. The van der Waals surface area contributed by atoms with Gasteiger partial charge in [0.25, 0.3) is 5.91 Å². The monoisotopic (exact) mass is 591 g/mol. The van der Waals surface area contributed by atoms with E-state index in [-0.39, 0.29) is 28.6 Å². The summed E-state index contributed by atoms with van der Waals surface area (Å²) in [5.41, 5.74) is 3.98. The summed E-state index contributed by atoms with van der Waals surface area (Å²) in [4.78, 5) is 22.4. The van der Waals surface area contributed by atoms with Crippen LogP contribution in [0.4, 0.5) is 17.3 Å². The van der Waals surface area contributed by atoms with Crippen molar-refractivity contribution in [3.05, 3.63) is 65.4 Å². The molecule has 10 nitrogen and oxygen atoms in total. The predicted molar refractivity (Wildman–Crippen MR) is 168 cm³/mol. The van der Waals surface area contributed by atoms with E-state index in [9.17, 15) is 18.3 Å². The predicted octanol–water partition coefficient (Wildman–Crippen LogP) is 6.06. The number of methoxy groups -OCH3 is 1. The Morgan fingerprint density at radius 3 is 2.33 bits per heavy atom. The first kappa shape index (κ1) is 30.6. The molecule has 11 heteroatoms. The summed E-state index contributed by atoms with van der Waals surface area (Å²) >= 11 is 0. The number of amides is 1. The average molecular weight is 592 g/mol. The Morgan fingerprint density at radius 2 is 1.71 bits per heavy atom. The number of benzene rings is 3. The van der Waals surface area contributed by atoms with Gasteiger partial charge in [-0.15, -0.1) is 0 Å². The summed E-state index contributed by atoms with van der Waals surface area (Å²) < 4.78 is 32.2. The van der Waals surface area contributed by atoms with Gasteiger partial charge in [0.15, 0.2) is 5.75 Å². The highest BCUT2D eigenvalue weighted by atomic mass is 32.2. The average Bonchev–Trinajstić information content (AvgIpc) is 2.86. The molecule has 222 valence electrons. The van der Waals surface area contributed by atoms with E-state index in [1.807, 2.05) is 41.5 Å². The van der Waals surface area contributed by atoms with Gasteiger partial charge in [-0.05, 0) is 73.2 Å². The topological polar surface area (TPSA) is 143 Å². The Balaban J connectivity index is 1.74. The van der Waals surface area contributed by atoms with E-state index in [2.05, 4.69) is 25.3 Å². The Bertz CT molecular complexity index is 1780. The fraction of sp³-hybridized carbons (Fsp3) is 0.323. The number of nitrogens with zero attached hydrogens (tertiary/aromatic N) is 2. The van der Waals surface area contributed by atoms with Crippen molar-refractivity contribution >= 4 is 44.2 Å². The van der Waals surface area contributed by atoms with Crippen LogP contribution < -0.4 is 20.1 Å². The van der Waals surface area contributed by atoms with E-state index in [4.69, 9.17) is 4.74 Å². The molecule has 1 amide bonds. The standard InChI is InChI=1S/C31H37N5O5S/c1-17(2)33-30-32-16-20-12-23(27(37)15-24(20)35-30)22-11-19(10-9-18(22)3)29(38)34-25-13-21(31(4,5)6)14-26(28(25)41-7)36-42(8,39)40/h9-17,36-37H,1-8H3,(H,34,38)(H,32,33,35). The number of phenols is 1. The molecule has 0 saturated heterocycles. The van der Waals surface area contributed by atoms with Gasteiger partial charge in [0, 0.05) is 34.8 Å². The fourth-order valence-electron chi connectivity index (χ4n) is 4.51. The van der Waals surface area contributed by atoms with Gasteiger partial charge in [0.05, 0.1) is 30.3 Å². The fourth-order valence-corrected chi connectivity index (χ4v) is 5.06. The van der Waals surface area contributed by atoms with Crippen molar-refractivity contribution in [1.82, 2.24) is 9.97 Å². The lowest BCUT2D eigenvalue weighted by Gasteiger charge is -2.24. The Kier molecular flexibility index (Phi) is 8.36. The highest BCUT2D eigenvalue weighted by molar-refractivity contribution is 7.92. The smallest absolute Gasteiger partial charge is 0.255 e. The zero-order valence-electron chi connectivity index (χ0n) is 25.1. The molecular formula is C31H37N5O5S. The van der Waals surface area contributed by atoms with Gasteiger partial charge in [-0.2, -0.15) is 0 Å². The maximum atomic E-state index is 13.6. The number of hydrogen-bond acceptors (Lipinski definition) is 8. The number of carbonyl (C=O) groups excluding carboxylic acids is 1. The van der Waals surface area contributed by atoms with Crippen LogP contribution in [0, 0.1) is 6.92 Å². The molecule has 0 fully saturated rings. The quantitative estimate of drug-likeness (QED) is 0.194. The molecule has 4 N–H and O–H groups in total. The molecule has 42 heavy (non-hydrogen) atoms. The van der Waals surface area contributed by atoms with Gasteiger partial charge in [0.1, 0.15) is 5.75 Å². The number of ether oxygens (including phenoxy) is 1. The molecule has 4 rings (SSSR count). The van der Waals surface area contributed by atoms with E-state index in [0.29, 0.717) is 33.8 Å². The van der Waals surface area contributed by atoms with Crippen LogP contribution in [0.2, 0.25) is 0 Å². The molecule has 4 aromatic rings. The molecule has 0 bridgehead atoms. The molecule has 0 radical (unpaired) electrons. The number of rotatable bonds is 8. The maximum absolute atomic E-state index is 13.6. The molecule has 0 aliphatic carbocycles. The number of nitrogens with one attached hydrogen (secondary N) is 3. The number of anilines is 3. The second-order valence-electron chi connectivity index (χ2n) is 11.6. The molecule has 0 unspecified atom stereocenters. The number of phenolic OH excluding ortho intramolecular Hbond substituents is 1. The molecule has 0 aliphatic rings. The largest absolute Gasteiger partial charge is 0.507 e. The van der Waals surface area contributed by atoms with Crippen LogP contribution in [0.3, 0.4) is 0 Å². The Labute approximate surface area is 246 Å². The SMILES string of the molecule is COc1c(NC(=O)c2ccc(C)c(-c3cc4cnc(NC(C)C)nc4cc3O)c2)cc(C(C)(C)C)cc1NS(C)(=O)=O. The summed E-state index contributed by atoms with van der Waals surface area (Å²) in [6.45, 7) is 11.8. The number of aryl methyl sites for hydroxylation is 1. The van der Waals surface area contributed by atoms with Crippen LogP contribution in [-0.4, -0.2) is 48.8 Å². The van der Waals surface area contributed by atoms with Crippen molar-refractivity contribution in [2.75, 3.05) is 28.7 Å². The van der Waals surface area contributed by atoms with Crippen LogP contribution >= 0.6 is 0 Å². The zero-order valence-corrected chi connectivity index (χ0v) is 25.9. The minimum Gasteiger partial charge on any atom is -0.507 e. The molecule has 1 aromatic heterocycles. The van der Waals surface area contributed by atoms with Crippen molar-refractivity contribution in [3.8, 4) is 22.6 Å². The third kappa shape index (κ3) is 6.91. The van der Waals surface area contributed by atoms with Crippen molar-refractivity contribution in [1.29, 1.82) is 0 Å². The van der Waals surface area contributed by atoms with Gasteiger partial charge < -0.3 is 20.5 Å². The van der Waals surface area contributed by atoms with Gasteiger partial charge in [-0.25, -0.2) is 18.4 Å². The molecule has 1 heterocycles. The highest BCUT2D eigenvalue weighted by Crippen LogP contribution is 2.40. The van der Waals surface area contributed by atoms with Crippen molar-refractivity contribution in [3.63, 3.8) is 0 Å². The van der Waals surface area contributed by atoms with E-state index in [0.717, 1.165) is 22.8 Å². The Morgan fingerprint density at radius 1 is 1.02 bits per heavy atom. The first-order valence-electron chi connectivity index (χ1n) is 13.4. The number of hydrogen-bond donors (Lipinski definition) is 4. The third-order valence-electron chi connectivity index (χ3n) is 6.61. The molecule has 0 atom stereocenters. The lowest BCUT2D eigenvalue weighted by Crippen LogP contribution is -2.18. The van der Waals surface area contributed by atoms with Gasteiger partial charge in [0.2, 0.25) is 16.0 Å². The number of sulfonamides is 1. The number of aromatic nitrogens is 2. The number of aromatic hydroxyl groups is 1. The van der Waals surface area contributed by atoms with Crippen LogP contribution in [0.1, 0.15) is 56.1 Å². The van der Waals surface area contributed by atoms with E-state index in [1.54, 1.807) is 48.7 Å². The van der Waals surface area contributed by atoms with Crippen LogP contribution in [0.5, 0.6) is 11.5 Å². The maximum Gasteiger partial charge on any atom is 0.255 e. The van der Waals surface area contributed by atoms with Crippen LogP contribution in [-0.2, 0) is 15.4 Å². The van der Waals surface area contributed by atoms with Gasteiger partial charge in [-0.1, -0.05) is 26.8 Å². The summed E-state index contributed by atoms with van der Waals surface area (Å²) in [5, 5.41) is 17.8. The van der Waals surface area contributed by atoms with E-state index < -0.39 is 15.9 Å².